The quantitative estimate of drug-likeness (QED) is 0.0107. The summed E-state index contributed by atoms with van der Waals surface area (Å²) in [6.45, 7) is 14.3. The van der Waals surface area contributed by atoms with Crippen molar-refractivity contribution in [1.29, 1.82) is 1.19 Å². The van der Waals surface area contributed by atoms with Crippen LogP contribution in [0, 0.1) is 0 Å². The molecule has 65 nitrogen and oxygen atoms in total. The zero-order valence-corrected chi connectivity index (χ0v) is 94.1. The fraction of sp³-hybridized carbons (Fsp3) is 0.658. The normalized spacial score (nSPS) is 35.1. The van der Waals surface area contributed by atoms with E-state index >= 15 is 0 Å². The predicted molar refractivity (Wildman–Crippen MR) is 503 cm³/mol. The number of anilines is 5. The van der Waals surface area contributed by atoms with Gasteiger partial charge in [0.15, 0.2) is 123 Å². The van der Waals surface area contributed by atoms with Gasteiger partial charge in [-0.1, -0.05) is 19.9 Å². The predicted octanol–water partition coefficient (Wildman–Crippen LogP) is -2.25. The standard InChI is InChI=1S/C29H38N10O14P4.C28H40N10O17P4.C14H21N5O9P2.2CH4I/c1-28(2)48-18-14(46-26(20(18)50-28)38-9-36-16-22(30)32-7-34-24(16)38)5-44-56(42)12-54(40)11-55(41,52-56)13-57(43,53-54)45-6-15-19-21(51-29(3,4)49-19)27(47-15)39-10-37-17-23(31)33-8-35-25(17)39;1-27(2)51-17-13(49-25(19(17)53-27)37-9-35-16-21(29)32-8-34-24(16)37)5-47-56(39,40)11-58(43,44)55-59(45,46)12-57(41,42)48-6-14-18-20(54-28(3,4)52-18)26(50-14)38-10-36-22(30)15-23(38)33-7-31-15;1-14(2)27-9-7(3-25-30(23,24)6-29(20,21)22)26-13(10(9)28-14)19-5-18-11(15)8-12(19)17-4-16-8;2*1-2/h7-10,14-15,18-21,26-27H,5-6,11-13H2,1-4H3,(H2,30,32,34)(H2,31,33,35);7-10,13-14,17-20,25-26H,5-6,11-12H2,1-4H3,(H8,29,30,31,32,33,34,39,40,41,42,43,44,45,46);4-5,7,9-10,13H,3,6H2,1-2H3,(H5,15,16,17,20,21,22,23,24);2*2H,1H3/q;;;2*-1/p+2/t14-,15-,18+,19+,20?,21?,26-,27-,54?,55?,56?,57?;13-,14-,17+,18+,19?,20?,25-,26-;7-,9+,10?,13-;;/m111../s1/i;;;2*2D. The van der Waals surface area contributed by atoms with Crippen LogP contribution in [0.2, 0.25) is 0 Å². The second-order valence-electron chi connectivity index (χ2n) is 37.9. The average Bonchev–Trinajstić information content (AvgIpc) is 1.35. The molecular formula is C73H109I2N25O40P10. The van der Waals surface area contributed by atoms with Crippen molar-refractivity contribution < 1.29 is 240 Å². The van der Waals surface area contributed by atoms with Gasteiger partial charge in [0.25, 0.3) is 11.3 Å². The molecule has 22 rings (SSSR count). The molecule has 12 saturated heterocycles. The van der Waals surface area contributed by atoms with Gasteiger partial charge in [0.1, 0.15) is 145 Å². The molecule has 0 amide bonds. The summed E-state index contributed by atoms with van der Waals surface area (Å²) < 4.78 is 286. The van der Waals surface area contributed by atoms with Gasteiger partial charge in [0, 0.05) is 0 Å². The van der Waals surface area contributed by atoms with Gasteiger partial charge in [-0.25, -0.2) is 66.9 Å². The minimum absolute atomic E-state index is 0.111. The van der Waals surface area contributed by atoms with Gasteiger partial charge >= 0.3 is 117 Å². The molecule has 12 aliphatic heterocycles. The summed E-state index contributed by atoms with van der Waals surface area (Å²) in [6.07, 6.45) is -2.90. The molecule has 14 unspecified atom stereocenters. The maximum atomic E-state index is 14.2. The van der Waals surface area contributed by atoms with E-state index in [4.69, 9.17) is 142 Å². The van der Waals surface area contributed by atoms with E-state index in [1.54, 1.807) is 82.9 Å². The third-order valence-electron chi connectivity index (χ3n) is 24.3. The molecule has 0 aromatic carbocycles. The van der Waals surface area contributed by atoms with Crippen LogP contribution >= 0.6 is 75.5 Å². The van der Waals surface area contributed by atoms with Gasteiger partial charge in [-0.15, -0.1) is 0 Å². The summed E-state index contributed by atoms with van der Waals surface area (Å²) >= 11 is -0.320. The van der Waals surface area contributed by atoms with E-state index < -0.39 is 296 Å². The van der Waals surface area contributed by atoms with Crippen LogP contribution in [0.25, 0.3) is 55.8 Å². The Morgan fingerprint density at radius 3 is 1.00 bits per heavy atom. The molecule has 12 fully saturated rings. The molecular weight excluding hydrogens is 2430 g/mol. The molecule has 0 radical (unpaired) electrons. The average molecular weight is 2540 g/mol. The topological polar surface area (TPSA) is 876 Å². The van der Waals surface area contributed by atoms with Crippen molar-refractivity contribution in [3.05, 3.63) is 63.3 Å². The van der Waals surface area contributed by atoms with E-state index in [0.717, 1.165) is 0 Å². The number of aromatic nitrogens is 20. The van der Waals surface area contributed by atoms with Gasteiger partial charge in [-0.3, -0.25) is 59.4 Å². The van der Waals surface area contributed by atoms with E-state index in [0.29, 0.717) is 50.3 Å². The zero-order valence-electron chi connectivity index (χ0n) is 82.9. The molecule has 2 bridgehead atoms. The Kier molecular flexibility index (Phi) is 31.0. The summed E-state index contributed by atoms with van der Waals surface area (Å²) in [5, 5.41) is 0. The van der Waals surface area contributed by atoms with Crippen LogP contribution in [0.3, 0.4) is 0 Å². The number of halogens is 2. The molecule has 77 heteroatoms. The first kappa shape index (κ1) is 111. The van der Waals surface area contributed by atoms with Crippen LogP contribution in [-0.2, 0) is 152 Å². The second-order valence-corrected chi connectivity index (χ2v) is 61.4. The maximum absolute atomic E-state index is 14.2. The van der Waals surface area contributed by atoms with E-state index in [2.05, 4.69) is 79.1 Å². The molecule has 12 aliphatic rings. The molecule has 0 spiro atoms. The number of hydrogen-bond acceptors (Lipinski definition) is 51. The first-order valence-corrected chi connectivity index (χ1v) is 67.4. The van der Waals surface area contributed by atoms with Crippen LogP contribution in [-0.4, -0.2) is 323 Å². The van der Waals surface area contributed by atoms with Crippen LogP contribution in [0.4, 0.5) is 29.1 Å². The van der Waals surface area contributed by atoms with Crippen molar-refractivity contribution in [2.75, 3.05) is 107 Å². The first-order valence-electron chi connectivity index (χ1n) is 45.8. The summed E-state index contributed by atoms with van der Waals surface area (Å²) in [5.74, 6) is -11.2. The number of nitrogen functional groups attached to an aromatic ring is 5. The summed E-state index contributed by atoms with van der Waals surface area (Å²) in [6, 6.07) is 0. The summed E-state index contributed by atoms with van der Waals surface area (Å²) in [4.78, 5) is 134. The molecule has 10 aromatic rings. The van der Waals surface area contributed by atoms with Crippen molar-refractivity contribution in [3.63, 3.8) is 0 Å². The Hall–Kier alpha value is -5.69. The molecule has 29 atom stereocenters. The molecule has 830 valence electrons. The van der Waals surface area contributed by atoms with Crippen LogP contribution in [0.1, 0.15) is 100 Å². The summed E-state index contributed by atoms with van der Waals surface area (Å²) in [7, 11) is -47.7. The Bertz CT molecular complexity index is 7180. The Morgan fingerprint density at radius 2 is 0.680 bits per heavy atom. The zero-order chi connectivity index (χ0) is 110. The number of fused-ring (bicyclic) bond motifs is 12. The molecule has 0 saturated carbocycles. The third kappa shape index (κ3) is 24.1. The number of ether oxygens (including phenoxy) is 15. The van der Waals surface area contributed by atoms with Gasteiger partial charge in [-0.05, 0) is 69.2 Å². The molecule has 10 aromatic heterocycles. The number of aromatic amines is 2. The molecule has 19 N–H and O–H groups in total. The van der Waals surface area contributed by atoms with Crippen LogP contribution < -0.4 is 82.6 Å². The number of rotatable bonds is 28. The van der Waals surface area contributed by atoms with Crippen molar-refractivity contribution in [3.8, 4) is 0 Å². The van der Waals surface area contributed by atoms with Gasteiger partial charge in [0.2, 0.25) is 51.5 Å². The van der Waals surface area contributed by atoms with Crippen molar-refractivity contribution in [2.45, 2.75) is 221 Å². The number of nitrogens with one attached hydrogen (secondary N) is 2. The monoisotopic (exact) mass is 2540 g/mol. The first-order chi connectivity index (χ1) is 70.9. The number of H-pyrrole nitrogens is 2. The number of nitrogens with two attached hydrogens (primary N) is 5. The number of hydrogen-bond donors (Lipinski definition) is 14. The fourth-order valence-electron chi connectivity index (χ4n) is 19.1. The molecule has 22 heterocycles. The van der Waals surface area contributed by atoms with E-state index in [1.807, 2.05) is 9.86 Å². The number of nitrogens with zero attached hydrogens (tertiary/aromatic N) is 18. The number of alkyl halides is 2. The van der Waals surface area contributed by atoms with Gasteiger partial charge in [-0.2, -0.15) is 0 Å². The summed E-state index contributed by atoms with van der Waals surface area (Å²) in [5.41, 5.74) is 33.5. The SMILES string of the molecule is CC1(C)OC2[C@@H](O1)[C@@H](COP(=O)(O)CP(=O)(O)O)O[C@H]2[n+]1cnc(N)c2[nH]cnc21.CC1(C)OC2[C@@H](O1)[C@@H](COP(=O)(O)CP(=O)(O)OP(=O)(O)CP(=O)(O)OC[C@H]1O[C@@H]([n+]3cnc(N)c4[nH]cnc43)C3OC(C)(C)O[C@H]31)O[C@H]2n1cnc2c(N)ncnc21.CC1(C)OC2[C@@H](O1)[C@@H](COP1(=O)CP3(=O)CP(=O)(CP(=O)(OC[C@H]4O[C@@H](n5cnc6c(N)ncnc65)C5OC(C)(C)O[C@H]54)O3)O1)O[C@H]2n1cnc2c(N)ncnc21.[2H][I-]C.[2H][I-]C. The van der Waals surface area contributed by atoms with Crippen LogP contribution in [0.15, 0.2) is 63.3 Å². The molecule has 0 aliphatic carbocycles. The third-order valence-corrected chi connectivity index (χ3v) is 51.8. The van der Waals surface area contributed by atoms with Gasteiger partial charge < -0.3 is 167 Å². The van der Waals surface area contributed by atoms with Crippen molar-refractivity contribution in [1.82, 2.24) is 88.5 Å². The van der Waals surface area contributed by atoms with Crippen molar-refractivity contribution >= 4 is 160 Å². The Labute approximate surface area is 876 Å². The Morgan fingerprint density at radius 1 is 0.393 bits per heavy atom. The van der Waals surface area contributed by atoms with E-state index in [9.17, 15) is 70.1 Å². The van der Waals surface area contributed by atoms with E-state index in [-0.39, 0.29) is 79.4 Å². The second kappa shape index (κ2) is 41.9. The van der Waals surface area contributed by atoms with Gasteiger partial charge in [0.05, 0.1) is 52.0 Å². The van der Waals surface area contributed by atoms with Crippen LogP contribution in [0.5, 0.6) is 0 Å². The Balaban J connectivity index is 0.000000151. The fourth-order valence-corrected chi connectivity index (χ4v) is 48.3. The number of imidazole rings is 5. The molecule has 150 heavy (non-hydrogen) atoms. The minimum atomic E-state index is -5.50. The van der Waals surface area contributed by atoms with Crippen molar-refractivity contribution in [2.24, 2.45) is 0 Å². The van der Waals surface area contributed by atoms with E-state index in [1.165, 1.54) is 72.4 Å².